The molecular weight excluding hydrogens is 146 g/mol. The Kier molecular flexibility index (Phi) is 2.40. The fourth-order valence-electron chi connectivity index (χ4n) is 3.22. The molecule has 2 rings (SSSR count). The van der Waals surface area contributed by atoms with Crippen LogP contribution in [0.2, 0.25) is 0 Å². The Morgan fingerprint density at radius 3 is 1.92 bits per heavy atom. The Labute approximate surface area is 75.7 Å². The van der Waals surface area contributed by atoms with Crippen molar-refractivity contribution in [1.29, 1.82) is 0 Å². The number of rotatable bonds is 0. The molecule has 0 amide bonds. The molecule has 2 saturated carbocycles. The van der Waals surface area contributed by atoms with Gasteiger partial charge < -0.3 is 5.73 Å². The molecule has 70 valence electrons. The van der Waals surface area contributed by atoms with Gasteiger partial charge in [0.1, 0.15) is 0 Å². The van der Waals surface area contributed by atoms with E-state index in [0.29, 0.717) is 11.5 Å². The van der Waals surface area contributed by atoms with Crippen LogP contribution in [-0.4, -0.2) is 6.04 Å². The Hall–Kier alpha value is -0.0400. The van der Waals surface area contributed by atoms with Crippen molar-refractivity contribution in [1.82, 2.24) is 0 Å². The van der Waals surface area contributed by atoms with Gasteiger partial charge in [0.2, 0.25) is 0 Å². The van der Waals surface area contributed by atoms with Crippen molar-refractivity contribution in [3.63, 3.8) is 0 Å². The molecule has 0 aromatic carbocycles. The molecule has 2 N–H and O–H groups in total. The quantitative estimate of drug-likeness (QED) is 0.590. The monoisotopic (exact) mass is 167 g/mol. The second-order valence-electron chi connectivity index (χ2n) is 4.78. The van der Waals surface area contributed by atoms with Crippen LogP contribution >= 0.6 is 0 Å². The second-order valence-corrected chi connectivity index (χ2v) is 4.78. The Balaban J connectivity index is 2.05. The largest absolute Gasteiger partial charge is 0.327 e. The summed E-state index contributed by atoms with van der Waals surface area (Å²) < 4.78 is 0. The van der Waals surface area contributed by atoms with E-state index in [1.807, 2.05) is 0 Å². The molecule has 2 fully saturated rings. The van der Waals surface area contributed by atoms with E-state index in [1.165, 1.54) is 57.8 Å². The number of hydrogen-bond donors (Lipinski definition) is 1. The van der Waals surface area contributed by atoms with Crippen LogP contribution in [0, 0.1) is 5.41 Å². The van der Waals surface area contributed by atoms with Crippen LogP contribution in [0.25, 0.3) is 0 Å². The molecule has 12 heavy (non-hydrogen) atoms. The van der Waals surface area contributed by atoms with Crippen molar-refractivity contribution in [3.8, 4) is 0 Å². The van der Waals surface area contributed by atoms with E-state index in [1.54, 1.807) is 0 Å². The average Bonchev–Trinajstić information content (AvgIpc) is 2.33. The van der Waals surface area contributed by atoms with Crippen molar-refractivity contribution in [3.05, 3.63) is 0 Å². The summed E-state index contributed by atoms with van der Waals surface area (Å²) in [4.78, 5) is 0. The van der Waals surface area contributed by atoms with Gasteiger partial charge in [-0.15, -0.1) is 0 Å². The summed E-state index contributed by atoms with van der Waals surface area (Å²) >= 11 is 0. The van der Waals surface area contributed by atoms with Gasteiger partial charge in [-0.1, -0.05) is 32.1 Å². The van der Waals surface area contributed by atoms with Crippen LogP contribution in [-0.2, 0) is 0 Å². The number of hydrogen-bond acceptors (Lipinski definition) is 1. The first-order chi connectivity index (χ1) is 5.83. The van der Waals surface area contributed by atoms with E-state index in [2.05, 4.69) is 0 Å². The summed E-state index contributed by atoms with van der Waals surface area (Å²) in [5.41, 5.74) is 6.81. The standard InChI is InChI=1S/C11H21N/c12-10-6-5-9-11(10)7-3-1-2-4-8-11/h10H,1-9,12H2. The summed E-state index contributed by atoms with van der Waals surface area (Å²) in [7, 11) is 0. The Morgan fingerprint density at radius 1 is 0.833 bits per heavy atom. The maximum Gasteiger partial charge on any atom is 0.00955 e. The fourth-order valence-corrected chi connectivity index (χ4v) is 3.22. The lowest BCUT2D eigenvalue weighted by atomic mass is 9.76. The zero-order chi connectivity index (χ0) is 8.44. The van der Waals surface area contributed by atoms with Crippen LogP contribution in [0.5, 0.6) is 0 Å². The zero-order valence-electron chi connectivity index (χ0n) is 8.02. The molecule has 1 nitrogen and oxygen atoms in total. The molecule has 0 aliphatic heterocycles. The predicted octanol–water partition coefficient (Wildman–Crippen LogP) is 2.84. The van der Waals surface area contributed by atoms with Gasteiger partial charge >= 0.3 is 0 Å². The van der Waals surface area contributed by atoms with Crippen LogP contribution in [0.1, 0.15) is 57.8 Å². The highest BCUT2D eigenvalue weighted by atomic mass is 14.7. The minimum absolute atomic E-state index is 0.538. The predicted molar refractivity (Wildman–Crippen MR) is 52.0 cm³/mol. The van der Waals surface area contributed by atoms with Gasteiger partial charge in [0, 0.05) is 6.04 Å². The van der Waals surface area contributed by atoms with Gasteiger partial charge in [-0.2, -0.15) is 0 Å². The molecule has 0 aromatic rings. The van der Waals surface area contributed by atoms with E-state index in [-0.39, 0.29) is 0 Å². The summed E-state index contributed by atoms with van der Waals surface area (Å²) in [6, 6.07) is 0.538. The lowest BCUT2D eigenvalue weighted by Crippen LogP contribution is -2.36. The molecule has 0 aromatic heterocycles. The summed E-state index contributed by atoms with van der Waals surface area (Å²) in [6.45, 7) is 0. The summed E-state index contributed by atoms with van der Waals surface area (Å²) in [5, 5.41) is 0. The molecule has 1 heteroatoms. The SMILES string of the molecule is NC1CCCC12CCCCCC2. The van der Waals surface area contributed by atoms with E-state index in [9.17, 15) is 0 Å². The van der Waals surface area contributed by atoms with Crippen molar-refractivity contribution in [2.75, 3.05) is 0 Å². The van der Waals surface area contributed by atoms with Crippen LogP contribution in [0.3, 0.4) is 0 Å². The van der Waals surface area contributed by atoms with E-state index in [4.69, 9.17) is 5.73 Å². The zero-order valence-corrected chi connectivity index (χ0v) is 8.02. The maximum absolute atomic E-state index is 6.21. The first kappa shape index (κ1) is 8.55. The lowest BCUT2D eigenvalue weighted by Gasteiger charge is -2.32. The molecular formula is C11H21N. The van der Waals surface area contributed by atoms with E-state index >= 15 is 0 Å². The Bertz CT molecular complexity index is 145. The first-order valence-corrected chi connectivity index (χ1v) is 5.59. The highest BCUT2D eigenvalue weighted by Gasteiger charge is 2.40. The topological polar surface area (TPSA) is 26.0 Å². The fraction of sp³-hybridized carbons (Fsp3) is 1.00. The van der Waals surface area contributed by atoms with Crippen LogP contribution < -0.4 is 5.73 Å². The van der Waals surface area contributed by atoms with Gasteiger partial charge in [0.25, 0.3) is 0 Å². The van der Waals surface area contributed by atoms with Crippen molar-refractivity contribution >= 4 is 0 Å². The van der Waals surface area contributed by atoms with Crippen LogP contribution in [0.15, 0.2) is 0 Å². The molecule has 0 heterocycles. The highest BCUT2D eigenvalue weighted by Crippen LogP contribution is 2.47. The maximum atomic E-state index is 6.21. The smallest absolute Gasteiger partial charge is 0.00955 e. The van der Waals surface area contributed by atoms with Gasteiger partial charge in [0.05, 0.1) is 0 Å². The second kappa shape index (κ2) is 3.37. The molecule has 1 spiro atoms. The van der Waals surface area contributed by atoms with Crippen LogP contribution in [0.4, 0.5) is 0 Å². The number of nitrogens with two attached hydrogens (primary N) is 1. The van der Waals surface area contributed by atoms with Crippen molar-refractivity contribution in [2.24, 2.45) is 11.1 Å². The molecule has 0 radical (unpaired) electrons. The van der Waals surface area contributed by atoms with Gasteiger partial charge in [-0.05, 0) is 31.1 Å². The van der Waals surface area contributed by atoms with E-state index in [0.717, 1.165) is 0 Å². The van der Waals surface area contributed by atoms with Crippen molar-refractivity contribution < 1.29 is 0 Å². The molecule has 2 aliphatic carbocycles. The van der Waals surface area contributed by atoms with Gasteiger partial charge in [-0.3, -0.25) is 0 Å². The summed E-state index contributed by atoms with van der Waals surface area (Å²) in [6.07, 6.45) is 12.7. The van der Waals surface area contributed by atoms with E-state index < -0.39 is 0 Å². The van der Waals surface area contributed by atoms with Crippen molar-refractivity contribution in [2.45, 2.75) is 63.8 Å². The molecule has 0 saturated heterocycles. The van der Waals surface area contributed by atoms with Gasteiger partial charge in [0.15, 0.2) is 0 Å². The minimum Gasteiger partial charge on any atom is -0.327 e. The first-order valence-electron chi connectivity index (χ1n) is 5.59. The third-order valence-electron chi connectivity index (χ3n) is 4.08. The third-order valence-corrected chi connectivity index (χ3v) is 4.08. The lowest BCUT2D eigenvalue weighted by molar-refractivity contribution is 0.221. The normalized spacial score (nSPS) is 35.2. The van der Waals surface area contributed by atoms with Gasteiger partial charge in [-0.25, -0.2) is 0 Å². The Morgan fingerprint density at radius 2 is 1.42 bits per heavy atom. The highest BCUT2D eigenvalue weighted by molar-refractivity contribution is 4.95. The summed E-state index contributed by atoms with van der Waals surface area (Å²) in [5.74, 6) is 0. The molecule has 1 unspecified atom stereocenters. The molecule has 1 atom stereocenters. The molecule has 2 aliphatic rings. The minimum atomic E-state index is 0.538. The molecule has 0 bridgehead atoms. The third kappa shape index (κ3) is 1.39. The average molecular weight is 167 g/mol.